The highest BCUT2D eigenvalue weighted by Gasteiger charge is 2.40. The van der Waals surface area contributed by atoms with Crippen LogP contribution in [0.4, 0.5) is 5.69 Å². The van der Waals surface area contributed by atoms with Gasteiger partial charge < -0.3 is 4.74 Å². The first-order valence-electron chi connectivity index (χ1n) is 5.95. The van der Waals surface area contributed by atoms with E-state index in [9.17, 15) is 14.9 Å². The first kappa shape index (κ1) is 14.0. The van der Waals surface area contributed by atoms with E-state index in [4.69, 9.17) is 17.0 Å². The molecule has 10 nitrogen and oxygen atoms in total. The van der Waals surface area contributed by atoms with Crippen molar-refractivity contribution in [1.29, 1.82) is 0 Å². The van der Waals surface area contributed by atoms with Crippen molar-refractivity contribution in [2.24, 2.45) is 31.6 Å². The molecule has 0 saturated heterocycles. The minimum Gasteiger partial charge on any atom is -0.406 e. The van der Waals surface area contributed by atoms with E-state index >= 15 is 0 Å². The number of benzene rings is 1. The number of carbonyl (C=O) groups excluding carboxylic acids is 1. The maximum Gasteiger partial charge on any atom is 0.327 e. The Kier molecular flexibility index (Phi) is 3.47. The van der Waals surface area contributed by atoms with Crippen molar-refractivity contribution in [2.45, 2.75) is 6.17 Å². The highest BCUT2D eigenvalue weighted by Crippen LogP contribution is 2.25. The van der Waals surface area contributed by atoms with Crippen molar-refractivity contribution in [3.63, 3.8) is 0 Å². The predicted molar refractivity (Wildman–Crippen MR) is 75.3 cm³/mol. The molecule has 1 aromatic rings. The lowest BCUT2D eigenvalue weighted by Crippen LogP contribution is -2.38. The van der Waals surface area contributed by atoms with E-state index in [1.54, 1.807) is 0 Å². The lowest BCUT2D eigenvalue weighted by Gasteiger charge is -2.21. The Hall–Kier alpha value is -2.95. The third-order valence-corrected chi connectivity index (χ3v) is 3.26. The van der Waals surface area contributed by atoms with Crippen LogP contribution in [0.2, 0.25) is 0 Å². The van der Waals surface area contributed by atoms with Gasteiger partial charge in [0, 0.05) is 17.7 Å². The molecular formula is C11H6N6O4S. The second kappa shape index (κ2) is 5.44. The largest absolute Gasteiger partial charge is 0.406 e. The Bertz CT molecular complexity index is 762. The van der Waals surface area contributed by atoms with Crippen molar-refractivity contribution in [3.8, 4) is 0 Å². The van der Waals surface area contributed by atoms with Crippen LogP contribution >= 0.6 is 12.2 Å². The summed E-state index contributed by atoms with van der Waals surface area (Å²) in [5.41, 5.74) is 0.126. The van der Waals surface area contributed by atoms with E-state index in [-0.39, 0.29) is 22.1 Å². The van der Waals surface area contributed by atoms with Gasteiger partial charge in [0.15, 0.2) is 5.92 Å². The Balaban J connectivity index is 1.92. The molecule has 1 atom stereocenters. The van der Waals surface area contributed by atoms with Gasteiger partial charge in [0.1, 0.15) is 4.99 Å². The fraction of sp³-hybridized carbons (Fsp3) is 0.182. The normalized spacial score (nSPS) is 20.9. The summed E-state index contributed by atoms with van der Waals surface area (Å²) in [4.78, 5) is 26.3. The highest BCUT2D eigenvalue weighted by atomic mass is 32.1. The number of carbonyl (C=O) groups is 1. The number of hydrogen-bond acceptors (Lipinski definition) is 9. The van der Waals surface area contributed by atoms with E-state index in [0.29, 0.717) is 0 Å². The number of aliphatic imine (C=N–C) groups is 1. The molecule has 0 spiro atoms. The molecule has 22 heavy (non-hydrogen) atoms. The van der Waals surface area contributed by atoms with Crippen LogP contribution in [-0.4, -0.2) is 27.9 Å². The van der Waals surface area contributed by atoms with Crippen LogP contribution in [0.5, 0.6) is 0 Å². The standard InChI is InChI=1S/C11H6N6O4S/c18-11-7(8-13-15-16-14-8)10(22)12-9(21-11)5-2-1-3-6(4-5)17(19)20/h1-4,7-8H. The number of nitrogens with zero attached hydrogens (tertiary/aromatic N) is 6. The minimum absolute atomic E-state index is 0.0163. The van der Waals surface area contributed by atoms with Crippen molar-refractivity contribution in [2.75, 3.05) is 0 Å². The Morgan fingerprint density at radius 1 is 1.27 bits per heavy atom. The molecule has 1 aromatic carbocycles. The smallest absolute Gasteiger partial charge is 0.327 e. The maximum atomic E-state index is 12.1. The highest BCUT2D eigenvalue weighted by molar-refractivity contribution is 7.80. The van der Waals surface area contributed by atoms with Crippen molar-refractivity contribution in [1.82, 2.24) is 0 Å². The van der Waals surface area contributed by atoms with Crippen LogP contribution in [0.3, 0.4) is 0 Å². The summed E-state index contributed by atoms with van der Waals surface area (Å²) in [6, 6.07) is 5.54. The van der Waals surface area contributed by atoms with Gasteiger partial charge >= 0.3 is 5.97 Å². The average molecular weight is 318 g/mol. The number of ether oxygens (including phenoxy) is 1. The molecular weight excluding hydrogens is 312 g/mol. The fourth-order valence-corrected chi connectivity index (χ4v) is 2.19. The van der Waals surface area contributed by atoms with Crippen molar-refractivity contribution in [3.05, 3.63) is 39.9 Å². The van der Waals surface area contributed by atoms with Crippen LogP contribution in [0.1, 0.15) is 5.56 Å². The molecule has 0 fully saturated rings. The quantitative estimate of drug-likeness (QED) is 0.364. The molecule has 2 heterocycles. The second-order valence-corrected chi connectivity index (χ2v) is 4.70. The monoisotopic (exact) mass is 318 g/mol. The number of esters is 1. The summed E-state index contributed by atoms with van der Waals surface area (Å²) in [7, 11) is 0. The van der Waals surface area contributed by atoms with Gasteiger partial charge in [0.05, 0.1) is 4.92 Å². The molecule has 0 radical (unpaired) electrons. The van der Waals surface area contributed by atoms with E-state index in [0.717, 1.165) is 0 Å². The van der Waals surface area contributed by atoms with Crippen LogP contribution in [-0.2, 0) is 9.53 Å². The zero-order valence-electron chi connectivity index (χ0n) is 10.7. The zero-order valence-corrected chi connectivity index (χ0v) is 11.5. The molecule has 0 aliphatic carbocycles. The van der Waals surface area contributed by atoms with E-state index in [2.05, 4.69) is 25.7 Å². The minimum atomic E-state index is -0.979. The number of rotatable bonds is 3. The second-order valence-electron chi connectivity index (χ2n) is 4.28. The van der Waals surface area contributed by atoms with E-state index in [1.165, 1.54) is 24.3 Å². The van der Waals surface area contributed by atoms with Gasteiger partial charge in [-0.2, -0.15) is 0 Å². The summed E-state index contributed by atoms with van der Waals surface area (Å²) in [5, 5.41) is 24.7. The first-order chi connectivity index (χ1) is 10.6. The fourth-order valence-electron chi connectivity index (χ4n) is 1.89. The molecule has 0 saturated carbocycles. The number of nitro benzene ring substituents is 1. The molecule has 2 aliphatic heterocycles. The van der Waals surface area contributed by atoms with E-state index in [1.807, 2.05) is 0 Å². The first-order valence-corrected chi connectivity index (χ1v) is 6.36. The van der Waals surface area contributed by atoms with Gasteiger partial charge in [-0.05, 0) is 16.5 Å². The SMILES string of the molecule is O=C1OC(c2cccc([N+](=O)[O-])c2)=NC(=S)C1C1N=NN=N1. The molecule has 0 N–H and O–H groups in total. The molecule has 1 unspecified atom stereocenters. The Morgan fingerprint density at radius 2 is 2.00 bits per heavy atom. The third-order valence-electron chi connectivity index (χ3n) is 2.91. The van der Waals surface area contributed by atoms with E-state index < -0.39 is 23.0 Å². The average Bonchev–Trinajstić information content (AvgIpc) is 3.00. The molecule has 3 rings (SSSR count). The van der Waals surface area contributed by atoms with Crippen molar-refractivity contribution >= 4 is 34.8 Å². The van der Waals surface area contributed by atoms with Crippen LogP contribution in [0.15, 0.2) is 49.9 Å². The maximum absolute atomic E-state index is 12.1. The predicted octanol–water partition coefficient (Wildman–Crippen LogP) is 2.00. The van der Waals surface area contributed by atoms with Crippen LogP contribution in [0.25, 0.3) is 0 Å². The summed E-state index contributed by atoms with van der Waals surface area (Å²) >= 11 is 5.08. The summed E-state index contributed by atoms with van der Waals surface area (Å²) < 4.78 is 5.10. The van der Waals surface area contributed by atoms with Gasteiger partial charge in [-0.3, -0.25) is 14.9 Å². The summed E-state index contributed by atoms with van der Waals surface area (Å²) in [6.07, 6.45) is -0.879. The van der Waals surface area contributed by atoms with Crippen LogP contribution < -0.4 is 0 Å². The zero-order chi connectivity index (χ0) is 15.7. The van der Waals surface area contributed by atoms with Gasteiger partial charge in [0.25, 0.3) is 5.69 Å². The van der Waals surface area contributed by atoms with Crippen LogP contribution in [0, 0.1) is 16.0 Å². The molecule has 0 aromatic heterocycles. The Morgan fingerprint density at radius 3 is 2.64 bits per heavy atom. The molecule has 0 bridgehead atoms. The lowest BCUT2D eigenvalue weighted by atomic mass is 10.1. The number of cyclic esters (lactones) is 1. The molecule has 11 heteroatoms. The topological polar surface area (TPSA) is 131 Å². The molecule has 2 aliphatic rings. The van der Waals surface area contributed by atoms with Gasteiger partial charge in [-0.15, -0.1) is 10.2 Å². The Labute approximate surface area is 127 Å². The van der Waals surface area contributed by atoms with Crippen molar-refractivity contribution < 1.29 is 14.5 Å². The number of nitro groups is 1. The lowest BCUT2D eigenvalue weighted by molar-refractivity contribution is -0.384. The number of thiocarbonyl (C=S) groups is 1. The van der Waals surface area contributed by atoms with Gasteiger partial charge in [-0.1, -0.05) is 18.3 Å². The number of hydrogen-bond donors (Lipinski definition) is 0. The van der Waals surface area contributed by atoms with Gasteiger partial charge in [0.2, 0.25) is 12.1 Å². The summed E-state index contributed by atoms with van der Waals surface area (Å²) in [5.74, 6) is -1.78. The van der Waals surface area contributed by atoms with Gasteiger partial charge in [-0.25, -0.2) is 4.99 Å². The summed E-state index contributed by atoms with van der Waals surface area (Å²) in [6.45, 7) is 0. The third kappa shape index (κ3) is 2.48. The molecule has 0 amide bonds. The number of non-ortho nitro benzene ring substituents is 1. The molecule has 110 valence electrons.